The van der Waals surface area contributed by atoms with Crippen LogP contribution in [-0.4, -0.2) is 0 Å². The van der Waals surface area contributed by atoms with Gasteiger partial charge in [0.15, 0.2) is 11.6 Å². The number of halogens is 3. The normalized spacial score (nSPS) is 11.0. The van der Waals surface area contributed by atoms with E-state index < -0.39 is 11.6 Å². The molecule has 4 heteroatoms. The van der Waals surface area contributed by atoms with Crippen molar-refractivity contribution >= 4 is 0 Å². The molecule has 0 radical (unpaired) electrons. The third-order valence-electron chi connectivity index (χ3n) is 6.25. The van der Waals surface area contributed by atoms with Gasteiger partial charge in [0.25, 0.3) is 0 Å². The Morgan fingerprint density at radius 2 is 1.23 bits per heavy atom. The molecule has 0 fully saturated rings. The topological polar surface area (TPSA) is 9.23 Å². The first-order valence-corrected chi connectivity index (χ1v) is 12.1. The van der Waals surface area contributed by atoms with Crippen molar-refractivity contribution in [3.63, 3.8) is 0 Å². The van der Waals surface area contributed by atoms with Crippen LogP contribution in [0.2, 0.25) is 0 Å². The molecule has 0 atom stereocenters. The number of aryl methyl sites for hydroxylation is 2. The number of hydrogen-bond acceptors (Lipinski definition) is 1. The molecule has 4 aromatic rings. The van der Waals surface area contributed by atoms with Gasteiger partial charge in [-0.2, -0.15) is 0 Å². The zero-order valence-corrected chi connectivity index (χ0v) is 20.1. The first kappa shape index (κ1) is 24.6. The van der Waals surface area contributed by atoms with Gasteiger partial charge >= 0.3 is 0 Å². The van der Waals surface area contributed by atoms with Crippen molar-refractivity contribution in [2.45, 2.75) is 46.1 Å². The van der Waals surface area contributed by atoms with Crippen LogP contribution in [0.3, 0.4) is 0 Å². The van der Waals surface area contributed by atoms with E-state index in [4.69, 9.17) is 4.74 Å². The maximum atomic E-state index is 15.0. The number of hydrogen-bond donors (Lipinski definition) is 0. The SMILES string of the molecule is CCCCc1ccc(COc2ccc(-c3ccc(-c4ccc(CC)cc4)c(F)c3F)cc2)c(F)c1. The Kier molecular flexibility index (Phi) is 7.91. The maximum Gasteiger partial charge on any atom is 0.167 e. The summed E-state index contributed by atoms with van der Waals surface area (Å²) in [5.74, 6) is -1.51. The van der Waals surface area contributed by atoms with Crippen molar-refractivity contribution in [3.05, 3.63) is 113 Å². The number of unbranched alkanes of at least 4 members (excludes halogenated alkanes) is 1. The molecule has 0 spiro atoms. The second-order valence-corrected chi connectivity index (χ2v) is 8.68. The smallest absolute Gasteiger partial charge is 0.167 e. The average molecular weight is 475 g/mol. The van der Waals surface area contributed by atoms with E-state index in [1.807, 2.05) is 37.3 Å². The van der Waals surface area contributed by atoms with E-state index in [9.17, 15) is 13.2 Å². The summed E-state index contributed by atoms with van der Waals surface area (Å²) in [6.07, 6.45) is 3.84. The molecule has 0 saturated carbocycles. The molecule has 0 heterocycles. The Hall–Kier alpha value is -3.53. The lowest BCUT2D eigenvalue weighted by molar-refractivity contribution is 0.300. The van der Waals surface area contributed by atoms with Crippen molar-refractivity contribution in [3.8, 4) is 28.0 Å². The molecule has 0 saturated heterocycles. The minimum absolute atomic E-state index is 0.0910. The van der Waals surface area contributed by atoms with Crippen LogP contribution in [0.4, 0.5) is 13.2 Å². The van der Waals surface area contributed by atoms with E-state index in [2.05, 4.69) is 6.92 Å². The predicted molar refractivity (Wildman–Crippen MR) is 136 cm³/mol. The summed E-state index contributed by atoms with van der Waals surface area (Å²) in [6, 6.07) is 22.6. The Morgan fingerprint density at radius 1 is 0.657 bits per heavy atom. The fraction of sp³-hybridized carbons (Fsp3) is 0.226. The van der Waals surface area contributed by atoms with Gasteiger partial charge in [-0.3, -0.25) is 0 Å². The second-order valence-electron chi connectivity index (χ2n) is 8.68. The summed E-state index contributed by atoms with van der Waals surface area (Å²) in [7, 11) is 0. The Bertz CT molecular complexity index is 1280. The monoisotopic (exact) mass is 474 g/mol. The van der Waals surface area contributed by atoms with Gasteiger partial charge < -0.3 is 4.74 Å². The average Bonchev–Trinajstić information content (AvgIpc) is 2.89. The molecule has 0 aliphatic heterocycles. The fourth-order valence-corrected chi connectivity index (χ4v) is 4.05. The van der Waals surface area contributed by atoms with Crippen molar-refractivity contribution in [1.29, 1.82) is 0 Å². The minimum Gasteiger partial charge on any atom is -0.489 e. The van der Waals surface area contributed by atoms with E-state index in [1.165, 1.54) is 0 Å². The molecule has 1 nitrogen and oxygen atoms in total. The van der Waals surface area contributed by atoms with Crippen LogP contribution in [0.1, 0.15) is 43.4 Å². The molecular weight excluding hydrogens is 445 g/mol. The van der Waals surface area contributed by atoms with E-state index in [0.29, 0.717) is 22.4 Å². The van der Waals surface area contributed by atoms with Crippen LogP contribution in [0, 0.1) is 17.5 Å². The van der Waals surface area contributed by atoms with Crippen LogP contribution in [0.15, 0.2) is 78.9 Å². The number of rotatable bonds is 9. The minimum atomic E-state index is -0.888. The van der Waals surface area contributed by atoms with E-state index in [1.54, 1.807) is 48.5 Å². The van der Waals surface area contributed by atoms with E-state index in [0.717, 1.165) is 36.8 Å². The molecule has 0 aromatic heterocycles. The van der Waals surface area contributed by atoms with Gasteiger partial charge in [0, 0.05) is 16.7 Å². The van der Waals surface area contributed by atoms with Gasteiger partial charge in [0.1, 0.15) is 18.2 Å². The Morgan fingerprint density at radius 3 is 1.77 bits per heavy atom. The van der Waals surface area contributed by atoms with Gasteiger partial charge in [-0.25, -0.2) is 13.2 Å². The molecular formula is C31H29F3O. The third-order valence-corrected chi connectivity index (χ3v) is 6.25. The zero-order valence-electron chi connectivity index (χ0n) is 20.1. The second kappa shape index (κ2) is 11.3. The highest BCUT2D eigenvalue weighted by molar-refractivity contribution is 5.72. The van der Waals surface area contributed by atoms with Crippen LogP contribution < -0.4 is 4.74 Å². The standard InChI is InChI=1S/C31H29F3O/c1-3-5-6-22-9-12-25(29(32)19-22)20-35-26-15-13-24(14-16-26)28-18-17-27(30(33)31(28)34)23-10-7-21(4-2)8-11-23/h7-19H,3-6,20H2,1-2H3. The zero-order chi connectivity index (χ0) is 24.8. The first-order chi connectivity index (χ1) is 17.0. The summed E-state index contributed by atoms with van der Waals surface area (Å²) in [5, 5.41) is 0. The highest BCUT2D eigenvalue weighted by Gasteiger charge is 2.16. The summed E-state index contributed by atoms with van der Waals surface area (Å²) >= 11 is 0. The predicted octanol–water partition coefficient (Wildman–Crippen LogP) is 8.92. The number of benzene rings is 4. The maximum absolute atomic E-state index is 15.0. The molecule has 0 N–H and O–H groups in total. The lowest BCUT2D eigenvalue weighted by Crippen LogP contribution is -2.00. The van der Waals surface area contributed by atoms with Crippen LogP contribution in [0.25, 0.3) is 22.3 Å². The highest BCUT2D eigenvalue weighted by atomic mass is 19.2. The van der Waals surface area contributed by atoms with Gasteiger partial charge in [0.05, 0.1) is 0 Å². The molecule has 4 rings (SSSR count). The van der Waals surface area contributed by atoms with Crippen molar-refractivity contribution in [2.75, 3.05) is 0 Å². The summed E-state index contributed by atoms with van der Waals surface area (Å²) < 4.78 is 50.0. The molecule has 0 aliphatic rings. The van der Waals surface area contributed by atoms with Crippen molar-refractivity contribution < 1.29 is 17.9 Å². The van der Waals surface area contributed by atoms with Gasteiger partial charge in [-0.15, -0.1) is 0 Å². The van der Waals surface area contributed by atoms with Crippen molar-refractivity contribution in [2.24, 2.45) is 0 Å². The molecule has 0 bridgehead atoms. The molecule has 180 valence electrons. The summed E-state index contributed by atoms with van der Waals surface area (Å²) in [6.45, 7) is 4.24. The van der Waals surface area contributed by atoms with Gasteiger partial charge in [-0.05, 0) is 59.7 Å². The molecule has 0 aliphatic carbocycles. The molecule has 4 aromatic carbocycles. The lowest BCUT2D eigenvalue weighted by Gasteiger charge is -2.11. The van der Waals surface area contributed by atoms with E-state index in [-0.39, 0.29) is 23.6 Å². The highest BCUT2D eigenvalue weighted by Crippen LogP contribution is 2.32. The van der Waals surface area contributed by atoms with Crippen LogP contribution >= 0.6 is 0 Å². The third kappa shape index (κ3) is 5.76. The molecule has 0 amide bonds. The van der Waals surface area contributed by atoms with Crippen molar-refractivity contribution in [1.82, 2.24) is 0 Å². The summed E-state index contributed by atoms with van der Waals surface area (Å²) in [5.41, 5.74) is 4.18. The lowest BCUT2D eigenvalue weighted by atomic mass is 9.98. The Balaban J connectivity index is 1.46. The molecule has 0 unspecified atom stereocenters. The fourth-order valence-electron chi connectivity index (χ4n) is 4.05. The van der Waals surface area contributed by atoms with Gasteiger partial charge in [-0.1, -0.05) is 80.9 Å². The summed E-state index contributed by atoms with van der Waals surface area (Å²) in [4.78, 5) is 0. The van der Waals surface area contributed by atoms with Gasteiger partial charge in [0.2, 0.25) is 0 Å². The quantitative estimate of drug-likeness (QED) is 0.235. The van der Waals surface area contributed by atoms with Crippen LogP contribution in [-0.2, 0) is 19.4 Å². The number of ether oxygens (including phenoxy) is 1. The van der Waals surface area contributed by atoms with Crippen LogP contribution in [0.5, 0.6) is 5.75 Å². The van der Waals surface area contributed by atoms with E-state index >= 15 is 0 Å². The largest absolute Gasteiger partial charge is 0.489 e. The first-order valence-electron chi connectivity index (χ1n) is 12.1. The Labute approximate surface area is 205 Å². The molecule has 35 heavy (non-hydrogen) atoms.